The summed E-state index contributed by atoms with van der Waals surface area (Å²) >= 11 is 0. The lowest BCUT2D eigenvalue weighted by Crippen LogP contribution is -2.33. The molecule has 148 valence electrons. The van der Waals surface area contributed by atoms with Gasteiger partial charge in [0.2, 0.25) is 5.88 Å². The van der Waals surface area contributed by atoms with Crippen molar-refractivity contribution in [3.8, 4) is 5.88 Å². The fourth-order valence-corrected chi connectivity index (χ4v) is 3.38. The number of aliphatic imine (C=N–C) groups is 1. The Hall–Kier alpha value is -2.97. The van der Waals surface area contributed by atoms with E-state index in [2.05, 4.69) is 15.0 Å². The van der Waals surface area contributed by atoms with Crippen LogP contribution in [-0.2, 0) is 11.0 Å². The number of carboxylic acids is 1. The van der Waals surface area contributed by atoms with Crippen LogP contribution in [-0.4, -0.2) is 32.9 Å². The molecule has 2 unspecified atom stereocenters. The molecular formula is C19H18F3N3O3. The highest BCUT2D eigenvalue weighted by molar-refractivity contribution is 6.04. The van der Waals surface area contributed by atoms with Gasteiger partial charge >= 0.3 is 12.1 Å². The fourth-order valence-electron chi connectivity index (χ4n) is 3.38. The molecule has 0 aliphatic carbocycles. The van der Waals surface area contributed by atoms with Crippen LogP contribution in [0.5, 0.6) is 5.88 Å². The summed E-state index contributed by atoms with van der Waals surface area (Å²) in [5, 5.41) is 9.79. The topological polar surface area (TPSA) is 84.7 Å². The number of carboxylic acid groups (broad SMARTS) is 1. The first kappa shape index (κ1) is 19.8. The molecule has 1 N–H and O–H groups in total. The van der Waals surface area contributed by atoms with Crippen molar-refractivity contribution in [3.05, 3.63) is 47.3 Å². The minimum atomic E-state index is -4.66. The molecule has 1 aromatic heterocycles. The van der Waals surface area contributed by atoms with Gasteiger partial charge in [0.15, 0.2) is 5.82 Å². The molecule has 28 heavy (non-hydrogen) atoms. The Bertz CT molecular complexity index is 942. The van der Waals surface area contributed by atoms with E-state index in [4.69, 9.17) is 4.74 Å². The van der Waals surface area contributed by atoms with E-state index in [0.29, 0.717) is 0 Å². The van der Waals surface area contributed by atoms with E-state index in [9.17, 15) is 23.1 Å². The van der Waals surface area contributed by atoms with Gasteiger partial charge in [0.25, 0.3) is 0 Å². The Labute approximate surface area is 159 Å². The molecule has 1 aromatic carbocycles. The van der Waals surface area contributed by atoms with E-state index < -0.39 is 29.5 Å². The molecule has 0 fully saturated rings. The van der Waals surface area contributed by atoms with E-state index in [-0.39, 0.29) is 34.6 Å². The third-order valence-corrected chi connectivity index (χ3v) is 4.42. The molecule has 2 atom stereocenters. The summed E-state index contributed by atoms with van der Waals surface area (Å²) in [4.78, 5) is 24.3. The zero-order valence-electron chi connectivity index (χ0n) is 15.4. The molecule has 2 heterocycles. The number of ether oxygens (including phenoxy) is 1. The fraction of sp³-hybridized carbons (Fsp3) is 0.368. The molecule has 6 nitrogen and oxygen atoms in total. The van der Waals surface area contributed by atoms with Gasteiger partial charge in [-0.1, -0.05) is 18.2 Å². The number of alkyl halides is 3. The Morgan fingerprint density at radius 1 is 1.21 bits per heavy atom. The number of carbonyl (C=O) groups is 1. The SMILES string of the molecule is CC1=Nc2ncnc(OC(C)C)c2C(c2ccccc2C(F)(F)F)C1C(=O)O. The Kier molecular flexibility index (Phi) is 5.10. The Morgan fingerprint density at radius 2 is 1.89 bits per heavy atom. The van der Waals surface area contributed by atoms with E-state index in [1.165, 1.54) is 31.5 Å². The van der Waals surface area contributed by atoms with Gasteiger partial charge in [0.1, 0.15) is 12.2 Å². The van der Waals surface area contributed by atoms with Gasteiger partial charge in [0.05, 0.1) is 17.2 Å². The van der Waals surface area contributed by atoms with Crippen molar-refractivity contribution < 1.29 is 27.8 Å². The van der Waals surface area contributed by atoms with Gasteiger partial charge in [-0.3, -0.25) is 4.79 Å². The van der Waals surface area contributed by atoms with Crippen LogP contribution in [0, 0.1) is 5.92 Å². The molecule has 9 heteroatoms. The van der Waals surface area contributed by atoms with Gasteiger partial charge in [0, 0.05) is 11.6 Å². The maximum Gasteiger partial charge on any atom is 0.416 e. The summed E-state index contributed by atoms with van der Waals surface area (Å²) in [7, 11) is 0. The second-order valence-corrected chi connectivity index (χ2v) is 6.71. The number of fused-ring (bicyclic) bond motifs is 1. The smallest absolute Gasteiger partial charge is 0.416 e. The van der Waals surface area contributed by atoms with Crippen LogP contribution in [0.2, 0.25) is 0 Å². The van der Waals surface area contributed by atoms with Crippen LogP contribution in [0.15, 0.2) is 35.6 Å². The number of benzene rings is 1. The highest BCUT2D eigenvalue weighted by Crippen LogP contribution is 2.48. The van der Waals surface area contributed by atoms with Crippen molar-refractivity contribution in [1.82, 2.24) is 9.97 Å². The average Bonchev–Trinajstić information content (AvgIpc) is 2.59. The number of hydrogen-bond acceptors (Lipinski definition) is 5. The van der Waals surface area contributed by atoms with E-state index in [1.54, 1.807) is 13.8 Å². The number of rotatable bonds is 4. The van der Waals surface area contributed by atoms with Crippen LogP contribution < -0.4 is 4.74 Å². The van der Waals surface area contributed by atoms with E-state index >= 15 is 0 Å². The van der Waals surface area contributed by atoms with Crippen LogP contribution in [0.1, 0.15) is 43.4 Å². The van der Waals surface area contributed by atoms with E-state index in [0.717, 1.165) is 6.07 Å². The van der Waals surface area contributed by atoms with Crippen molar-refractivity contribution in [2.75, 3.05) is 0 Å². The third kappa shape index (κ3) is 3.56. The quantitative estimate of drug-likeness (QED) is 0.841. The first-order valence-electron chi connectivity index (χ1n) is 8.57. The molecule has 3 rings (SSSR count). The van der Waals surface area contributed by atoms with Crippen molar-refractivity contribution in [2.24, 2.45) is 10.9 Å². The van der Waals surface area contributed by atoms with Gasteiger partial charge in [-0.15, -0.1) is 0 Å². The molecular weight excluding hydrogens is 375 g/mol. The molecule has 2 aromatic rings. The average molecular weight is 393 g/mol. The van der Waals surface area contributed by atoms with Crippen molar-refractivity contribution in [3.63, 3.8) is 0 Å². The molecule has 0 bridgehead atoms. The van der Waals surface area contributed by atoms with Gasteiger partial charge in [-0.25, -0.2) is 15.0 Å². The Balaban J connectivity index is 2.34. The molecule has 0 saturated heterocycles. The van der Waals surface area contributed by atoms with Crippen LogP contribution in [0.25, 0.3) is 0 Å². The van der Waals surface area contributed by atoms with Crippen LogP contribution in [0.4, 0.5) is 19.0 Å². The number of nitrogens with zero attached hydrogens (tertiary/aromatic N) is 3. The zero-order valence-corrected chi connectivity index (χ0v) is 15.4. The molecule has 1 aliphatic rings. The standard InChI is InChI=1S/C19H18F3N3O3/c1-9(2)28-17-15-14(11-6-4-5-7-12(11)19(20,21)22)13(18(26)27)10(3)25-16(15)23-8-24-17/h4-9,13-14H,1-3H3,(H,26,27). The highest BCUT2D eigenvalue weighted by atomic mass is 19.4. The summed E-state index contributed by atoms with van der Waals surface area (Å²) in [5.74, 6) is -3.64. The minimum Gasteiger partial charge on any atom is -0.481 e. The van der Waals surface area contributed by atoms with Crippen LogP contribution >= 0.6 is 0 Å². The molecule has 0 amide bonds. The zero-order chi connectivity index (χ0) is 20.6. The molecule has 0 radical (unpaired) electrons. The normalized spacial score (nSPS) is 19.2. The van der Waals surface area contributed by atoms with Crippen molar-refractivity contribution in [1.29, 1.82) is 0 Å². The molecule has 0 saturated carbocycles. The summed E-state index contributed by atoms with van der Waals surface area (Å²) in [6.07, 6.45) is -3.79. The summed E-state index contributed by atoms with van der Waals surface area (Å²) in [5.41, 5.74) is -0.783. The van der Waals surface area contributed by atoms with Crippen molar-refractivity contribution in [2.45, 2.75) is 39.0 Å². The van der Waals surface area contributed by atoms with Crippen molar-refractivity contribution >= 4 is 17.5 Å². The summed E-state index contributed by atoms with van der Waals surface area (Å²) < 4.78 is 46.7. The lowest BCUT2D eigenvalue weighted by molar-refractivity contribution is -0.142. The predicted octanol–water partition coefficient (Wildman–Crippen LogP) is 4.22. The van der Waals surface area contributed by atoms with Crippen LogP contribution in [0.3, 0.4) is 0 Å². The maximum atomic E-state index is 13.7. The first-order valence-corrected chi connectivity index (χ1v) is 8.57. The van der Waals surface area contributed by atoms with Gasteiger partial charge in [-0.05, 0) is 32.4 Å². The number of hydrogen-bond donors (Lipinski definition) is 1. The lowest BCUT2D eigenvalue weighted by atomic mass is 9.75. The Morgan fingerprint density at radius 3 is 2.50 bits per heavy atom. The van der Waals surface area contributed by atoms with E-state index in [1.807, 2.05) is 0 Å². The number of aliphatic carboxylic acids is 1. The minimum absolute atomic E-state index is 0.0319. The second-order valence-electron chi connectivity index (χ2n) is 6.71. The summed E-state index contributed by atoms with van der Waals surface area (Å²) in [6, 6.07) is 4.91. The third-order valence-electron chi connectivity index (χ3n) is 4.42. The van der Waals surface area contributed by atoms with Gasteiger partial charge < -0.3 is 9.84 Å². The number of halogens is 3. The monoisotopic (exact) mass is 393 g/mol. The summed E-state index contributed by atoms with van der Waals surface area (Å²) in [6.45, 7) is 4.94. The highest BCUT2D eigenvalue weighted by Gasteiger charge is 2.45. The largest absolute Gasteiger partial charge is 0.481 e. The van der Waals surface area contributed by atoms with Gasteiger partial charge in [-0.2, -0.15) is 13.2 Å². The second kappa shape index (κ2) is 7.21. The molecule has 0 spiro atoms. The predicted molar refractivity (Wildman–Crippen MR) is 95.0 cm³/mol. The maximum absolute atomic E-state index is 13.7. The lowest BCUT2D eigenvalue weighted by Gasteiger charge is -2.32. The number of aromatic nitrogens is 2. The first-order chi connectivity index (χ1) is 13.1. The molecule has 1 aliphatic heterocycles.